The maximum atomic E-state index is 16.7. The number of aromatic nitrogens is 6. The lowest BCUT2D eigenvalue weighted by Crippen LogP contribution is -2.51. The van der Waals surface area contributed by atoms with E-state index in [-0.39, 0.29) is 35.7 Å². The van der Waals surface area contributed by atoms with E-state index >= 15 is 4.39 Å². The molecule has 7 heterocycles. The third kappa shape index (κ3) is 8.06. The molecule has 2 saturated heterocycles. The van der Waals surface area contributed by atoms with Gasteiger partial charge >= 0.3 is 12.2 Å². The normalized spacial score (nSPS) is 18.9. The molecule has 0 radical (unpaired) electrons. The number of methoxy groups -OCH3 is 2. The summed E-state index contributed by atoms with van der Waals surface area (Å²) in [6.07, 6.45) is 6.12. The first-order valence-electron chi connectivity index (χ1n) is 21.8. The number of nitrogens with one attached hydrogen (secondary N) is 4. The summed E-state index contributed by atoms with van der Waals surface area (Å²) < 4.78 is 35.0. The summed E-state index contributed by atoms with van der Waals surface area (Å²) in [5.41, 5.74) is 6.21. The summed E-state index contributed by atoms with van der Waals surface area (Å²) in [7, 11) is 2.54. The summed E-state index contributed by atoms with van der Waals surface area (Å²) in [5.74, 6) is 0.350. The molecule has 5 atom stereocenters. The van der Waals surface area contributed by atoms with Crippen LogP contribution in [0, 0.1) is 17.7 Å². The van der Waals surface area contributed by atoms with Gasteiger partial charge in [-0.15, -0.1) is 11.3 Å². The number of hydrogen-bond donors (Lipinski definition) is 4. The van der Waals surface area contributed by atoms with Crippen molar-refractivity contribution in [2.75, 3.05) is 27.3 Å². The number of hydrogen-bond acceptors (Lipinski definition) is 11. The Balaban J connectivity index is 1.01. The highest BCUT2D eigenvalue weighted by Crippen LogP contribution is 2.48. The zero-order valence-electron chi connectivity index (χ0n) is 36.9. The SMILES string of the molecule is COC(=O)N[C@H](C(=O)N1CCC[C@H]1c1ncc(-c2cc(F)c3c(c2)OC(c2cncs2)n2c-3cc3cc(-c4cnc([C@@H]5CCCN5C(=O)[C@@H](NC(=O)OC)C(C)C)[nH]4)ccc32)[nH]1)C(C)C. The largest absolute Gasteiger partial charge is 0.464 e. The van der Waals surface area contributed by atoms with Crippen molar-refractivity contribution in [1.29, 1.82) is 0 Å². The Hall–Kier alpha value is -6.76. The summed E-state index contributed by atoms with van der Waals surface area (Å²) in [4.78, 5) is 76.6. The van der Waals surface area contributed by atoms with Crippen molar-refractivity contribution in [1.82, 2.24) is 49.9 Å². The first-order chi connectivity index (χ1) is 31.3. The van der Waals surface area contributed by atoms with Gasteiger partial charge in [0.2, 0.25) is 18.0 Å². The number of alkyl carbamates (subject to hydrolysis) is 2. The van der Waals surface area contributed by atoms with Crippen LogP contribution in [0.2, 0.25) is 0 Å². The van der Waals surface area contributed by atoms with Gasteiger partial charge in [-0.05, 0) is 67.9 Å². The molecule has 0 bridgehead atoms. The summed E-state index contributed by atoms with van der Waals surface area (Å²) in [6.45, 7) is 8.54. The predicted octanol–water partition coefficient (Wildman–Crippen LogP) is 7.71. The molecule has 3 aliphatic rings. The predicted molar refractivity (Wildman–Crippen MR) is 239 cm³/mol. The number of thiazole rings is 1. The smallest absolute Gasteiger partial charge is 0.407 e. The Morgan fingerprint density at radius 3 is 1.92 bits per heavy atom. The van der Waals surface area contributed by atoms with Crippen molar-refractivity contribution in [2.24, 2.45) is 11.8 Å². The van der Waals surface area contributed by atoms with Crippen molar-refractivity contribution in [3.05, 3.63) is 82.8 Å². The van der Waals surface area contributed by atoms with Crippen molar-refractivity contribution in [3.63, 3.8) is 0 Å². The van der Waals surface area contributed by atoms with Crippen molar-refractivity contribution < 1.29 is 37.8 Å². The number of carbonyl (C=O) groups is 4. The second-order valence-electron chi connectivity index (χ2n) is 17.3. The summed E-state index contributed by atoms with van der Waals surface area (Å²) in [6, 6.07) is 9.05. The zero-order chi connectivity index (χ0) is 45.7. The molecule has 19 heteroatoms. The minimum absolute atomic E-state index is 0.153. The van der Waals surface area contributed by atoms with Gasteiger partial charge in [0.25, 0.3) is 0 Å². The number of fused-ring (bicyclic) bond motifs is 5. The Labute approximate surface area is 378 Å². The van der Waals surface area contributed by atoms with Crippen molar-refractivity contribution >= 4 is 46.2 Å². The molecule has 340 valence electrons. The van der Waals surface area contributed by atoms with Crippen LogP contribution in [-0.2, 0) is 19.1 Å². The third-order valence-corrected chi connectivity index (χ3v) is 13.4. The lowest BCUT2D eigenvalue weighted by atomic mass is 10.0. The highest BCUT2D eigenvalue weighted by molar-refractivity contribution is 7.09. The van der Waals surface area contributed by atoms with Crippen LogP contribution in [-0.4, -0.2) is 103 Å². The van der Waals surface area contributed by atoms with E-state index in [4.69, 9.17) is 19.2 Å². The van der Waals surface area contributed by atoms with Gasteiger partial charge in [-0.25, -0.2) is 23.9 Å². The van der Waals surface area contributed by atoms with Crippen LogP contribution in [0.25, 0.3) is 44.7 Å². The molecule has 0 spiro atoms. The highest BCUT2D eigenvalue weighted by Gasteiger charge is 2.40. The molecule has 0 aliphatic carbocycles. The maximum Gasteiger partial charge on any atom is 0.407 e. The Kier molecular flexibility index (Phi) is 11.8. The quantitative estimate of drug-likeness (QED) is 0.0998. The first kappa shape index (κ1) is 43.5. The Morgan fingerprint density at radius 1 is 0.800 bits per heavy atom. The van der Waals surface area contributed by atoms with Gasteiger partial charge in [-0.2, -0.15) is 0 Å². The molecule has 2 aromatic carbocycles. The minimum atomic E-state index is -0.772. The van der Waals surface area contributed by atoms with E-state index in [1.165, 1.54) is 31.6 Å². The number of amides is 4. The fourth-order valence-electron chi connectivity index (χ4n) is 9.32. The molecule has 6 aromatic rings. The number of H-pyrrole nitrogens is 2. The van der Waals surface area contributed by atoms with Gasteiger partial charge < -0.3 is 44.6 Å². The molecule has 4 aromatic heterocycles. The van der Waals surface area contributed by atoms with E-state index < -0.39 is 36.3 Å². The number of ether oxygens (including phenoxy) is 3. The molecule has 17 nitrogen and oxygen atoms in total. The molecular formula is C46H51FN10O7S. The number of imidazole rings is 2. The van der Waals surface area contributed by atoms with Crippen LogP contribution in [0.15, 0.2) is 60.5 Å². The fourth-order valence-corrected chi connectivity index (χ4v) is 9.96. The molecule has 4 amide bonds. The van der Waals surface area contributed by atoms with Gasteiger partial charge in [0.1, 0.15) is 35.3 Å². The topological polar surface area (TPSA) is 202 Å². The van der Waals surface area contributed by atoms with Crippen molar-refractivity contribution in [2.45, 2.75) is 83.8 Å². The van der Waals surface area contributed by atoms with Crippen LogP contribution in [0.5, 0.6) is 5.75 Å². The number of nitrogens with zero attached hydrogens (tertiary/aromatic N) is 6. The minimum Gasteiger partial charge on any atom is -0.464 e. The van der Waals surface area contributed by atoms with Crippen LogP contribution in [0.1, 0.15) is 88.2 Å². The molecule has 65 heavy (non-hydrogen) atoms. The lowest BCUT2D eigenvalue weighted by molar-refractivity contribution is -0.136. The Morgan fingerprint density at radius 2 is 1.38 bits per heavy atom. The second kappa shape index (κ2) is 17.7. The lowest BCUT2D eigenvalue weighted by Gasteiger charge is -2.30. The molecule has 0 saturated carbocycles. The van der Waals surface area contributed by atoms with Crippen LogP contribution in [0.4, 0.5) is 14.0 Å². The first-order valence-corrected chi connectivity index (χ1v) is 22.7. The summed E-state index contributed by atoms with van der Waals surface area (Å²) >= 11 is 1.44. The average molecular weight is 907 g/mol. The van der Waals surface area contributed by atoms with Gasteiger partial charge in [-0.3, -0.25) is 19.1 Å². The number of carbonyl (C=O) groups excluding carboxylic acids is 4. The monoisotopic (exact) mass is 906 g/mol. The van der Waals surface area contributed by atoms with Gasteiger partial charge in [0.15, 0.2) is 0 Å². The number of halogens is 1. The molecule has 1 unspecified atom stereocenters. The average Bonchev–Trinajstić information content (AvgIpc) is 4.15. The number of aromatic amines is 2. The number of rotatable bonds is 11. The number of benzene rings is 2. The fraction of sp³-hybridized carbons (Fsp3) is 0.413. The van der Waals surface area contributed by atoms with E-state index in [1.54, 1.807) is 40.0 Å². The maximum absolute atomic E-state index is 16.7. The van der Waals surface area contributed by atoms with Crippen LogP contribution < -0.4 is 15.4 Å². The van der Waals surface area contributed by atoms with Gasteiger partial charge in [0.05, 0.1) is 77.2 Å². The standard InChI is InChI=1S/C46H51FN10O7S/c1-23(2)38(53-45(60)62-5)42(58)55-13-7-9-32(55)40-49-19-29(51-40)25-11-12-31-27(15-25)17-34-37-28(47)16-26(18-35(37)64-44(57(31)34)36-21-48-22-65-36)30-20-50-41(52-30)33-10-8-14-56(33)43(59)39(24(3)4)54-46(61)63-6/h11-12,15-24,32-33,38-39,44H,7-10,13-14H2,1-6H3,(H,49,51)(H,50,52)(H,53,60)(H,54,61)/t32-,33-,38-,39-,44?/m0/s1. The van der Waals surface area contributed by atoms with E-state index in [9.17, 15) is 19.2 Å². The summed E-state index contributed by atoms with van der Waals surface area (Å²) in [5, 5.41) is 6.22. The van der Waals surface area contributed by atoms with Gasteiger partial charge in [-0.1, -0.05) is 33.8 Å². The van der Waals surface area contributed by atoms with E-state index in [2.05, 4.69) is 30.6 Å². The molecular weight excluding hydrogens is 856 g/mol. The third-order valence-electron chi connectivity index (χ3n) is 12.6. The van der Waals surface area contributed by atoms with E-state index in [0.717, 1.165) is 46.3 Å². The van der Waals surface area contributed by atoms with Crippen LogP contribution >= 0.6 is 11.3 Å². The molecule has 9 rings (SSSR count). The highest BCUT2D eigenvalue weighted by atomic mass is 32.1. The van der Waals surface area contributed by atoms with Crippen molar-refractivity contribution in [3.8, 4) is 39.5 Å². The molecule has 3 aliphatic heterocycles. The molecule has 2 fully saturated rings. The van der Waals surface area contributed by atoms with Gasteiger partial charge in [0, 0.05) is 35.8 Å². The molecule has 4 N–H and O–H groups in total. The van der Waals surface area contributed by atoms with E-state index in [0.29, 0.717) is 59.4 Å². The van der Waals surface area contributed by atoms with E-state index in [1.807, 2.05) is 56.5 Å². The van der Waals surface area contributed by atoms with Crippen LogP contribution in [0.3, 0.4) is 0 Å². The zero-order valence-corrected chi connectivity index (χ0v) is 37.7. The number of likely N-dealkylation sites (tertiary alicyclic amines) is 2. The second-order valence-corrected chi connectivity index (χ2v) is 18.3. The Bertz CT molecular complexity index is 2760.